The van der Waals surface area contributed by atoms with E-state index in [9.17, 15) is 0 Å². The molecule has 26 heavy (non-hydrogen) atoms. The highest BCUT2D eigenvalue weighted by Crippen LogP contribution is 2.15. The average molecular weight is 353 g/mol. The minimum Gasteiger partial charge on any atom is -0.356 e. The zero-order valence-electron chi connectivity index (χ0n) is 16.7. The van der Waals surface area contributed by atoms with Gasteiger partial charge in [-0.1, -0.05) is 61.0 Å². The molecular formula is C22H32N4. The topological polar surface area (TPSA) is 39.7 Å². The fourth-order valence-electron chi connectivity index (χ4n) is 2.97. The molecule has 4 heteroatoms. The molecule has 0 saturated carbocycles. The summed E-state index contributed by atoms with van der Waals surface area (Å²) in [6, 6.07) is 17.2. The maximum absolute atomic E-state index is 4.36. The number of benzene rings is 2. The number of guanidine groups is 1. The Morgan fingerprint density at radius 3 is 2.42 bits per heavy atom. The molecule has 0 amide bonds. The van der Waals surface area contributed by atoms with Crippen LogP contribution in [0.5, 0.6) is 0 Å². The summed E-state index contributed by atoms with van der Waals surface area (Å²) in [5.74, 6) is 1.26. The van der Waals surface area contributed by atoms with Crippen LogP contribution in [0.2, 0.25) is 0 Å². The van der Waals surface area contributed by atoms with E-state index in [0.717, 1.165) is 25.6 Å². The smallest absolute Gasteiger partial charge is 0.191 e. The predicted octanol–water partition coefficient (Wildman–Crippen LogP) is 3.53. The largest absolute Gasteiger partial charge is 0.356 e. The van der Waals surface area contributed by atoms with Crippen molar-refractivity contribution < 1.29 is 0 Å². The van der Waals surface area contributed by atoms with E-state index < -0.39 is 0 Å². The molecule has 0 aliphatic rings. The molecule has 2 aromatic rings. The van der Waals surface area contributed by atoms with Crippen LogP contribution < -0.4 is 10.6 Å². The van der Waals surface area contributed by atoms with Gasteiger partial charge in [0.15, 0.2) is 5.96 Å². The number of aliphatic imine (C=N–C) groups is 1. The fraction of sp³-hybridized carbons (Fsp3) is 0.409. The molecule has 0 fully saturated rings. The summed E-state index contributed by atoms with van der Waals surface area (Å²) in [4.78, 5) is 6.55. The zero-order chi connectivity index (χ0) is 18.9. The van der Waals surface area contributed by atoms with E-state index in [1.807, 2.05) is 7.05 Å². The maximum atomic E-state index is 4.36. The van der Waals surface area contributed by atoms with Crippen LogP contribution in [0.3, 0.4) is 0 Å². The van der Waals surface area contributed by atoms with Gasteiger partial charge < -0.3 is 15.5 Å². The Morgan fingerprint density at radius 2 is 1.77 bits per heavy atom. The van der Waals surface area contributed by atoms with Gasteiger partial charge in [-0.05, 0) is 43.6 Å². The molecule has 0 radical (unpaired) electrons. The highest BCUT2D eigenvalue weighted by molar-refractivity contribution is 5.79. The van der Waals surface area contributed by atoms with E-state index >= 15 is 0 Å². The molecule has 2 rings (SSSR count). The van der Waals surface area contributed by atoms with E-state index in [1.165, 1.54) is 22.3 Å². The molecule has 4 nitrogen and oxygen atoms in total. The maximum Gasteiger partial charge on any atom is 0.191 e. The first-order chi connectivity index (χ1) is 12.5. The molecule has 0 heterocycles. The number of aryl methyl sites for hydroxylation is 1. The highest BCUT2D eigenvalue weighted by atomic mass is 15.2. The van der Waals surface area contributed by atoms with Gasteiger partial charge in [-0.2, -0.15) is 0 Å². The van der Waals surface area contributed by atoms with Crippen LogP contribution in [0.15, 0.2) is 53.5 Å². The third kappa shape index (κ3) is 6.19. The molecule has 140 valence electrons. The van der Waals surface area contributed by atoms with Gasteiger partial charge in [0.25, 0.3) is 0 Å². The minimum absolute atomic E-state index is 0.425. The van der Waals surface area contributed by atoms with Crippen LogP contribution >= 0.6 is 0 Å². The second-order valence-electron chi connectivity index (χ2n) is 7.13. The van der Waals surface area contributed by atoms with Crippen molar-refractivity contribution in [2.45, 2.75) is 32.9 Å². The second-order valence-corrected chi connectivity index (χ2v) is 7.13. The van der Waals surface area contributed by atoms with E-state index in [-0.39, 0.29) is 0 Å². The SMILES string of the molecule is CN=C(NCc1ccccc1CN(C)C)NCC(C)c1cccc(C)c1. The van der Waals surface area contributed by atoms with Crippen molar-refractivity contribution in [3.63, 3.8) is 0 Å². The van der Waals surface area contributed by atoms with Crippen LogP contribution in [-0.2, 0) is 13.1 Å². The summed E-state index contributed by atoms with van der Waals surface area (Å²) in [6.07, 6.45) is 0. The molecule has 0 spiro atoms. The van der Waals surface area contributed by atoms with E-state index in [1.54, 1.807) is 0 Å². The van der Waals surface area contributed by atoms with Crippen LogP contribution in [0.1, 0.15) is 35.1 Å². The first-order valence-corrected chi connectivity index (χ1v) is 9.22. The van der Waals surface area contributed by atoms with Gasteiger partial charge in [-0.3, -0.25) is 4.99 Å². The molecular weight excluding hydrogens is 320 g/mol. The van der Waals surface area contributed by atoms with Gasteiger partial charge in [-0.25, -0.2) is 0 Å². The van der Waals surface area contributed by atoms with Crippen molar-refractivity contribution in [2.75, 3.05) is 27.7 Å². The molecule has 0 aromatic heterocycles. The van der Waals surface area contributed by atoms with Crippen LogP contribution in [0.25, 0.3) is 0 Å². The third-order valence-electron chi connectivity index (χ3n) is 4.46. The van der Waals surface area contributed by atoms with Crippen LogP contribution in [0, 0.1) is 6.92 Å². The summed E-state index contributed by atoms with van der Waals surface area (Å²) >= 11 is 0. The highest BCUT2D eigenvalue weighted by Gasteiger charge is 2.08. The van der Waals surface area contributed by atoms with Crippen molar-refractivity contribution in [1.82, 2.24) is 15.5 Å². The molecule has 0 aliphatic heterocycles. The van der Waals surface area contributed by atoms with Crippen molar-refractivity contribution in [3.8, 4) is 0 Å². The van der Waals surface area contributed by atoms with Crippen molar-refractivity contribution in [3.05, 3.63) is 70.8 Å². The van der Waals surface area contributed by atoms with Crippen molar-refractivity contribution in [1.29, 1.82) is 0 Å². The summed E-state index contributed by atoms with van der Waals surface area (Å²) in [5.41, 5.74) is 5.29. The Kier molecular flexibility index (Phi) is 7.67. The van der Waals surface area contributed by atoms with E-state index in [4.69, 9.17) is 0 Å². The summed E-state index contributed by atoms with van der Waals surface area (Å²) in [7, 11) is 6.01. The standard InChI is InChI=1S/C22H32N4/c1-17-9-8-12-19(13-17)18(2)14-24-22(23-3)25-15-20-10-6-7-11-21(20)16-26(4)5/h6-13,18H,14-16H2,1-5H3,(H2,23,24,25). The first-order valence-electron chi connectivity index (χ1n) is 9.22. The molecule has 0 saturated heterocycles. The number of hydrogen-bond acceptors (Lipinski definition) is 2. The quantitative estimate of drug-likeness (QED) is 0.591. The number of nitrogens with one attached hydrogen (secondary N) is 2. The Morgan fingerprint density at radius 1 is 1.04 bits per heavy atom. The zero-order valence-corrected chi connectivity index (χ0v) is 16.7. The monoisotopic (exact) mass is 352 g/mol. The minimum atomic E-state index is 0.425. The van der Waals surface area contributed by atoms with E-state index in [2.05, 4.69) is 97.0 Å². The fourth-order valence-corrected chi connectivity index (χ4v) is 2.97. The first kappa shape index (κ1) is 20.0. The lowest BCUT2D eigenvalue weighted by Gasteiger charge is -2.18. The number of rotatable bonds is 7. The molecule has 1 atom stereocenters. The molecule has 0 bridgehead atoms. The average Bonchev–Trinajstić information content (AvgIpc) is 2.62. The van der Waals surface area contributed by atoms with Crippen molar-refractivity contribution >= 4 is 5.96 Å². The van der Waals surface area contributed by atoms with E-state index in [0.29, 0.717) is 5.92 Å². The van der Waals surface area contributed by atoms with Crippen LogP contribution in [-0.4, -0.2) is 38.5 Å². The molecule has 1 unspecified atom stereocenters. The number of nitrogens with zero attached hydrogens (tertiary/aromatic N) is 2. The molecule has 2 aromatic carbocycles. The lowest BCUT2D eigenvalue weighted by atomic mass is 9.99. The lowest BCUT2D eigenvalue weighted by molar-refractivity contribution is 0.400. The van der Waals surface area contributed by atoms with Gasteiger partial charge in [0, 0.05) is 26.7 Å². The van der Waals surface area contributed by atoms with Gasteiger partial charge in [-0.15, -0.1) is 0 Å². The third-order valence-corrected chi connectivity index (χ3v) is 4.46. The second kappa shape index (κ2) is 9.97. The summed E-state index contributed by atoms with van der Waals surface area (Å²) < 4.78 is 0. The Hall–Kier alpha value is -2.33. The Bertz CT molecular complexity index is 722. The Labute approximate surface area is 158 Å². The lowest BCUT2D eigenvalue weighted by Crippen LogP contribution is -2.38. The summed E-state index contributed by atoms with van der Waals surface area (Å²) in [5, 5.41) is 6.88. The van der Waals surface area contributed by atoms with Crippen molar-refractivity contribution in [2.24, 2.45) is 4.99 Å². The predicted molar refractivity (Wildman–Crippen MR) is 112 cm³/mol. The normalized spacial score (nSPS) is 12.9. The molecule has 2 N–H and O–H groups in total. The summed E-state index contributed by atoms with van der Waals surface area (Å²) in [6.45, 7) is 6.93. The van der Waals surface area contributed by atoms with Gasteiger partial charge in [0.1, 0.15) is 0 Å². The van der Waals surface area contributed by atoms with Gasteiger partial charge in [0.2, 0.25) is 0 Å². The van der Waals surface area contributed by atoms with Gasteiger partial charge in [0.05, 0.1) is 0 Å². The van der Waals surface area contributed by atoms with Gasteiger partial charge >= 0.3 is 0 Å². The Balaban J connectivity index is 1.90. The number of hydrogen-bond donors (Lipinski definition) is 2. The van der Waals surface area contributed by atoms with Crippen LogP contribution in [0.4, 0.5) is 0 Å². The molecule has 0 aliphatic carbocycles.